The van der Waals surface area contributed by atoms with Crippen molar-refractivity contribution in [3.63, 3.8) is 0 Å². The predicted molar refractivity (Wildman–Crippen MR) is 70.3 cm³/mol. The lowest BCUT2D eigenvalue weighted by molar-refractivity contribution is -0.0645. The Morgan fingerprint density at radius 3 is 2.11 bits per heavy atom. The van der Waals surface area contributed by atoms with Gasteiger partial charge in [-0.25, -0.2) is 4.79 Å². The summed E-state index contributed by atoms with van der Waals surface area (Å²) in [4.78, 5) is 13.6. The lowest BCUT2D eigenvalue weighted by Gasteiger charge is -2.57. The Hall–Kier alpha value is -0.730. The molecule has 0 unspecified atom stereocenters. The first-order valence-corrected chi connectivity index (χ1v) is 7.48. The average Bonchev–Trinajstić information content (AvgIpc) is 2.26. The SMILES string of the molecule is CCOC(=O)N(C)CC12CC3CC(CC(C3)C1)C2. The van der Waals surface area contributed by atoms with Crippen LogP contribution < -0.4 is 0 Å². The Balaban J connectivity index is 1.66. The lowest BCUT2D eigenvalue weighted by atomic mass is 9.49. The Bertz CT molecular complexity index is 304. The fraction of sp³-hybridized carbons (Fsp3) is 0.933. The second-order valence-corrected chi connectivity index (χ2v) is 6.97. The van der Waals surface area contributed by atoms with Gasteiger partial charge in [-0.1, -0.05) is 0 Å². The van der Waals surface area contributed by atoms with Crippen molar-refractivity contribution in [3.8, 4) is 0 Å². The van der Waals surface area contributed by atoms with Crippen molar-refractivity contribution < 1.29 is 9.53 Å². The molecular weight excluding hydrogens is 226 g/mol. The monoisotopic (exact) mass is 251 g/mol. The molecule has 0 heterocycles. The molecule has 4 aliphatic rings. The van der Waals surface area contributed by atoms with Gasteiger partial charge in [0, 0.05) is 13.6 Å². The van der Waals surface area contributed by atoms with Gasteiger partial charge in [0.25, 0.3) is 0 Å². The van der Waals surface area contributed by atoms with E-state index in [1.807, 2.05) is 18.9 Å². The van der Waals surface area contributed by atoms with E-state index in [4.69, 9.17) is 4.74 Å². The molecule has 3 heteroatoms. The van der Waals surface area contributed by atoms with Crippen molar-refractivity contribution in [2.24, 2.45) is 23.2 Å². The molecule has 4 bridgehead atoms. The van der Waals surface area contributed by atoms with Gasteiger partial charge in [-0.3, -0.25) is 0 Å². The second-order valence-electron chi connectivity index (χ2n) is 6.97. The summed E-state index contributed by atoms with van der Waals surface area (Å²) in [6, 6.07) is 0. The van der Waals surface area contributed by atoms with Crippen LogP contribution in [0.3, 0.4) is 0 Å². The van der Waals surface area contributed by atoms with E-state index in [2.05, 4.69) is 0 Å². The van der Waals surface area contributed by atoms with Crippen LogP contribution in [0.2, 0.25) is 0 Å². The molecule has 1 amide bonds. The van der Waals surface area contributed by atoms with E-state index in [0.717, 1.165) is 24.3 Å². The van der Waals surface area contributed by atoms with E-state index in [1.165, 1.54) is 38.5 Å². The third kappa shape index (κ3) is 2.12. The number of ether oxygens (including phenoxy) is 1. The maximum atomic E-state index is 11.8. The largest absolute Gasteiger partial charge is 0.450 e. The van der Waals surface area contributed by atoms with Crippen LogP contribution in [0.1, 0.15) is 45.4 Å². The van der Waals surface area contributed by atoms with Gasteiger partial charge >= 0.3 is 6.09 Å². The number of hydrogen-bond donors (Lipinski definition) is 0. The van der Waals surface area contributed by atoms with Gasteiger partial charge < -0.3 is 9.64 Å². The quantitative estimate of drug-likeness (QED) is 0.770. The maximum absolute atomic E-state index is 11.8. The minimum Gasteiger partial charge on any atom is -0.450 e. The highest BCUT2D eigenvalue weighted by molar-refractivity contribution is 5.67. The van der Waals surface area contributed by atoms with E-state index in [1.54, 1.807) is 0 Å². The molecule has 0 atom stereocenters. The molecule has 0 aromatic rings. The summed E-state index contributed by atoms with van der Waals surface area (Å²) in [5.41, 5.74) is 0.427. The van der Waals surface area contributed by atoms with Crippen molar-refractivity contribution in [1.29, 1.82) is 0 Å². The Kier molecular flexibility index (Phi) is 3.03. The summed E-state index contributed by atoms with van der Waals surface area (Å²) in [5, 5.41) is 0. The van der Waals surface area contributed by atoms with E-state index in [-0.39, 0.29) is 6.09 Å². The Labute approximate surface area is 110 Å². The highest BCUT2D eigenvalue weighted by Crippen LogP contribution is 2.60. The first kappa shape index (κ1) is 12.3. The molecule has 0 spiro atoms. The molecular formula is C15H25NO2. The first-order valence-electron chi connectivity index (χ1n) is 7.48. The molecule has 4 saturated carbocycles. The van der Waals surface area contributed by atoms with Crippen molar-refractivity contribution in [2.75, 3.05) is 20.2 Å². The predicted octanol–water partition coefficient (Wildman–Crippen LogP) is 3.29. The van der Waals surface area contributed by atoms with Crippen molar-refractivity contribution in [2.45, 2.75) is 45.4 Å². The number of carbonyl (C=O) groups is 1. The highest BCUT2D eigenvalue weighted by atomic mass is 16.5. The standard InChI is InChI=1S/C15H25NO2/c1-3-18-14(17)16(2)10-15-7-11-4-12(8-15)6-13(5-11)9-15/h11-13H,3-10H2,1-2H3. The topological polar surface area (TPSA) is 29.5 Å². The molecule has 0 radical (unpaired) electrons. The van der Waals surface area contributed by atoms with Gasteiger partial charge in [0.1, 0.15) is 0 Å². The van der Waals surface area contributed by atoms with E-state index < -0.39 is 0 Å². The van der Waals surface area contributed by atoms with Crippen molar-refractivity contribution >= 4 is 6.09 Å². The molecule has 3 nitrogen and oxygen atoms in total. The first-order chi connectivity index (χ1) is 8.60. The molecule has 18 heavy (non-hydrogen) atoms. The summed E-state index contributed by atoms with van der Waals surface area (Å²) in [7, 11) is 1.90. The number of amides is 1. The smallest absolute Gasteiger partial charge is 0.409 e. The third-order valence-corrected chi connectivity index (χ3v) is 5.32. The van der Waals surface area contributed by atoms with Gasteiger partial charge in [-0.15, -0.1) is 0 Å². The third-order valence-electron chi connectivity index (χ3n) is 5.32. The maximum Gasteiger partial charge on any atom is 0.409 e. The average molecular weight is 251 g/mol. The number of hydrogen-bond acceptors (Lipinski definition) is 2. The molecule has 102 valence electrons. The molecule has 0 aliphatic heterocycles. The molecule has 0 aromatic heterocycles. The number of rotatable bonds is 3. The molecule has 0 saturated heterocycles. The van der Waals surface area contributed by atoms with Gasteiger partial charge in [0.15, 0.2) is 0 Å². The van der Waals surface area contributed by atoms with E-state index in [0.29, 0.717) is 12.0 Å². The zero-order valence-electron chi connectivity index (χ0n) is 11.7. The molecule has 0 aromatic carbocycles. The Morgan fingerprint density at radius 2 is 1.67 bits per heavy atom. The summed E-state index contributed by atoms with van der Waals surface area (Å²) >= 11 is 0. The fourth-order valence-corrected chi connectivity index (χ4v) is 5.28. The summed E-state index contributed by atoms with van der Waals surface area (Å²) < 4.78 is 5.10. The second kappa shape index (κ2) is 4.43. The van der Waals surface area contributed by atoms with E-state index >= 15 is 0 Å². The zero-order chi connectivity index (χ0) is 12.8. The van der Waals surface area contributed by atoms with Crippen LogP contribution in [0.4, 0.5) is 4.79 Å². The Morgan fingerprint density at radius 1 is 1.17 bits per heavy atom. The zero-order valence-corrected chi connectivity index (χ0v) is 11.7. The number of nitrogens with zero attached hydrogens (tertiary/aromatic N) is 1. The van der Waals surface area contributed by atoms with Crippen LogP contribution in [-0.2, 0) is 4.74 Å². The van der Waals surface area contributed by atoms with Crippen molar-refractivity contribution in [1.82, 2.24) is 4.90 Å². The normalized spacial score (nSPS) is 40.9. The van der Waals surface area contributed by atoms with Gasteiger partial charge in [-0.2, -0.15) is 0 Å². The van der Waals surface area contributed by atoms with Crippen LogP contribution in [-0.4, -0.2) is 31.2 Å². The minimum absolute atomic E-state index is 0.145. The van der Waals surface area contributed by atoms with Gasteiger partial charge in [-0.05, 0) is 68.6 Å². The highest BCUT2D eigenvalue weighted by Gasteiger charge is 2.51. The molecule has 4 rings (SSSR count). The molecule has 4 aliphatic carbocycles. The van der Waals surface area contributed by atoms with Crippen LogP contribution in [0.5, 0.6) is 0 Å². The molecule has 0 N–H and O–H groups in total. The van der Waals surface area contributed by atoms with Crippen molar-refractivity contribution in [3.05, 3.63) is 0 Å². The minimum atomic E-state index is -0.145. The van der Waals surface area contributed by atoms with Crippen LogP contribution >= 0.6 is 0 Å². The number of carbonyl (C=O) groups excluding carboxylic acids is 1. The summed E-state index contributed by atoms with van der Waals surface area (Å²) in [6.45, 7) is 3.26. The van der Waals surface area contributed by atoms with Gasteiger partial charge in [0.05, 0.1) is 6.61 Å². The summed E-state index contributed by atoms with van der Waals surface area (Å²) in [5.74, 6) is 2.85. The summed E-state index contributed by atoms with van der Waals surface area (Å²) in [6.07, 6.45) is 8.29. The van der Waals surface area contributed by atoms with Crippen LogP contribution in [0, 0.1) is 23.2 Å². The van der Waals surface area contributed by atoms with Crippen LogP contribution in [0.15, 0.2) is 0 Å². The molecule has 4 fully saturated rings. The van der Waals surface area contributed by atoms with E-state index in [9.17, 15) is 4.79 Å². The fourth-order valence-electron chi connectivity index (χ4n) is 5.28. The van der Waals surface area contributed by atoms with Gasteiger partial charge in [0.2, 0.25) is 0 Å². The lowest BCUT2D eigenvalue weighted by Crippen LogP contribution is -2.51. The van der Waals surface area contributed by atoms with Crippen LogP contribution in [0.25, 0.3) is 0 Å².